The number of likely N-dealkylation sites (tertiary alicyclic amines) is 1. The smallest absolute Gasteiger partial charge is 0.233 e. The van der Waals surface area contributed by atoms with Gasteiger partial charge in [0.25, 0.3) is 0 Å². The highest BCUT2D eigenvalue weighted by Crippen LogP contribution is 2.43. The van der Waals surface area contributed by atoms with Crippen molar-refractivity contribution in [2.45, 2.75) is 26.3 Å². The van der Waals surface area contributed by atoms with Gasteiger partial charge in [0.05, 0.1) is 24.1 Å². The van der Waals surface area contributed by atoms with Crippen LogP contribution in [0.1, 0.15) is 25.5 Å². The number of halogens is 1. The van der Waals surface area contributed by atoms with Crippen LogP contribution < -0.4 is 0 Å². The number of hydrogen-bond donors (Lipinski definition) is 0. The predicted molar refractivity (Wildman–Crippen MR) is 72.9 cm³/mol. The summed E-state index contributed by atoms with van der Waals surface area (Å²) in [5.74, 6) is 0.292. The van der Waals surface area contributed by atoms with Gasteiger partial charge in [-0.25, -0.2) is 0 Å². The molecule has 2 amide bonds. The number of pyridine rings is 1. The summed E-state index contributed by atoms with van der Waals surface area (Å²) in [6.45, 7) is 2.41. The van der Waals surface area contributed by atoms with Gasteiger partial charge in [0.15, 0.2) is 0 Å². The van der Waals surface area contributed by atoms with Gasteiger partial charge in [0.1, 0.15) is 0 Å². The lowest BCUT2D eigenvalue weighted by Gasteiger charge is -2.16. The molecule has 1 saturated heterocycles. The molecule has 1 aliphatic heterocycles. The Bertz CT molecular complexity index is 505. The van der Waals surface area contributed by atoms with Crippen LogP contribution in [0.4, 0.5) is 0 Å². The number of carbonyl (C=O) groups excluding carboxylic acids is 2. The Kier molecular flexibility index (Phi) is 3.17. The molecule has 1 aromatic heterocycles. The van der Waals surface area contributed by atoms with Crippen molar-refractivity contribution in [2.24, 2.45) is 17.8 Å². The van der Waals surface area contributed by atoms with Gasteiger partial charge in [-0.05, 0) is 46.8 Å². The Morgan fingerprint density at radius 3 is 2.42 bits per heavy atom. The van der Waals surface area contributed by atoms with Crippen molar-refractivity contribution in [1.29, 1.82) is 0 Å². The van der Waals surface area contributed by atoms with E-state index < -0.39 is 0 Å². The number of aromatic nitrogens is 1. The Morgan fingerprint density at radius 1 is 1.26 bits per heavy atom. The van der Waals surface area contributed by atoms with Crippen LogP contribution >= 0.6 is 15.9 Å². The molecule has 1 aliphatic carbocycles. The molecule has 2 fully saturated rings. The Hall–Kier alpha value is -1.23. The van der Waals surface area contributed by atoms with E-state index >= 15 is 0 Å². The lowest BCUT2D eigenvalue weighted by Crippen LogP contribution is -2.32. The molecule has 2 atom stereocenters. The molecule has 3 rings (SSSR count). The third kappa shape index (κ3) is 2.20. The van der Waals surface area contributed by atoms with Gasteiger partial charge in [0, 0.05) is 10.7 Å². The molecule has 4 nitrogen and oxygen atoms in total. The van der Waals surface area contributed by atoms with Crippen LogP contribution in [0, 0.1) is 17.8 Å². The maximum atomic E-state index is 12.3. The van der Waals surface area contributed by atoms with E-state index in [0.29, 0.717) is 12.5 Å². The second-order valence-electron chi connectivity index (χ2n) is 5.52. The first kappa shape index (κ1) is 12.8. The molecule has 100 valence electrons. The molecular formula is C14H15BrN2O2. The minimum atomic E-state index is -0.0852. The minimum absolute atomic E-state index is 0.0101. The first-order valence-corrected chi connectivity index (χ1v) is 7.31. The van der Waals surface area contributed by atoms with Crippen molar-refractivity contribution in [2.75, 3.05) is 0 Å². The Labute approximate surface area is 120 Å². The topological polar surface area (TPSA) is 50.3 Å². The molecule has 0 radical (unpaired) electrons. The highest BCUT2D eigenvalue weighted by molar-refractivity contribution is 9.10. The second kappa shape index (κ2) is 4.71. The molecule has 0 aromatic carbocycles. The van der Waals surface area contributed by atoms with Gasteiger partial charge < -0.3 is 0 Å². The van der Waals surface area contributed by atoms with E-state index in [2.05, 4.69) is 27.8 Å². The molecule has 0 N–H and O–H groups in total. The number of amides is 2. The molecule has 1 saturated carbocycles. The van der Waals surface area contributed by atoms with Crippen LogP contribution in [-0.2, 0) is 16.1 Å². The summed E-state index contributed by atoms with van der Waals surface area (Å²) < 4.78 is 0.890. The third-order valence-corrected chi connectivity index (χ3v) is 4.54. The van der Waals surface area contributed by atoms with Gasteiger partial charge in [0.2, 0.25) is 11.8 Å². The van der Waals surface area contributed by atoms with Crippen molar-refractivity contribution in [3.63, 3.8) is 0 Å². The normalized spacial score (nSPS) is 30.0. The summed E-state index contributed by atoms with van der Waals surface area (Å²) in [5.41, 5.74) is 0.748. The molecule has 5 heteroatoms. The van der Waals surface area contributed by atoms with E-state index in [0.717, 1.165) is 23.0 Å². The number of rotatable bonds is 2. The fraction of sp³-hybridized carbons (Fsp3) is 0.500. The number of fused-ring (bicyclic) bond motifs is 1. The van der Waals surface area contributed by atoms with Gasteiger partial charge in [-0.15, -0.1) is 0 Å². The molecular weight excluding hydrogens is 308 g/mol. The van der Waals surface area contributed by atoms with Crippen molar-refractivity contribution in [1.82, 2.24) is 9.88 Å². The fourth-order valence-corrected chi connectivity index (χ4v) is 3.40. The van der Waals surface area contributed by atoms with E-state index in [1.165, 1.54) is 4.90 Å². The predicted octanol–water partition coefficient (Wildman–Crippen LogP) is 2.38. The highest BCUT2D eigenvalue weighted by Gasteiger charge is 2.51. The summed E-state index contributed by atoms with van der Waals surface area (Å²) in [7, 11) is 0. The van der Waals surface area contributed by atoms with Crippen LogP contribution in [0.2, 0.25) is 0 Å². The monoisotopic (exact) mass is 322 g/mol. The summed E-state index contributed by atoms with van der Waals surface area (Å²) in [5, 5.41) is 0. The fourth-order valence-electron chi connectivity index (χ4n) is 3.16. The van der Waals surface area contributed by atoms with Gasteiger partial charge in [-0.1, -0.05) is 6.92 Å². The zero-order valence-electron chi connectivity index (χ0n) is 10.7. The SMILES string of the molecule is CC1CC2C(=O)N(Cc3ccc(Br)cn3)C(=O)C2C1. The highest BCUT2D eigenvalue weighted by atomic mass is 79.9. The maximum absolute atomic E-state index is 12.3. The molecule has 2 heterocycles. The lowest BCUT2D eigenvalue weighted by molar-refractivity contribution is -0.141. The van der Waals surface area contributed by atoms with Gasteiger partial charge >= 0.3 is 0 Å². The van der Waals surface area contributed by atoms with Gasteiger partial charge in [-0.3, -0.25) is 19.5 Å². The number of carbonyl (C=O) groups is 2. The Balaban J connectivity index is 1.78. The molecule has 0 spiro atoms. The summed E-state index contributed by atoms with van der Waals surface area (Å²) in [6.07, 6.45) is 3.38. The molecule has 19 heavy (non-hydrogen) atoms. The van der Waals surface area contributed by atoms with Crippen molar-refractivity contribution < 1.29 is 9.59 Å². The van der Waals surface area contributed by atoms with Crippen molar-refractivity contribution in [3.8, 4) is 0 Å². The summed E-state index contributed by atoms with van der Waals surface area (Å²) in [6, 6.07) is 3.71. The Morgan fingerprint density at radius 2 is 1.89 bits per heavy atom. The zero-order chi connectivity index (χ0) is 13.6. The first-order chi connectivity index (χ1) is 9.06. The van der Waals surface area contributed by atoms with E-state index in [1.807, 2.05) is 12.1 Å². The van der Waals surface area contributed by atoms with Crippen LogP contribution in [0.25, 0.3) is 0 Å². The molecule has 1 aromatic rings. The average molecular weight is 323 g/mol. The number of hydrogen-bond acceptors (Lipinski definition) is 3. The third-order valence-electron chi connectivity index (χ3n) is 4.07. The molecule has 2 unspecified atom stereocenters. The molecule has 0 bridgehead atoms. The maximum Gasteiger partial charge on any atom is 0.233 e. The van der Waals surface area contributed by atoms with E-state index in [9.17, 15) is 9.59 Å². The van der Waals surface area contributed by atoms with Gasteiger partial charge in [-0.2, -0.15) is 0 Å². The minimum Gasteiger partial charge on any atom is -0.276 e. The summed E-state index contributed by atoms with van der Waals surface area (Å²) >= 11 is 3.32. The largest absolute Gasteiger partial charge is 0.276 e. The van der Waals surface area contributed by atoms with Crippen molar-refractivity contribution >= 4 is 27.7 Å². The van der Waals surface area contributed by atoms with Crippen LogP contribution in [0.5, 0.6) is 0 Å². The van der Waals surface area contributed by atoms with Crippen LogP contribution in [0.15, 0.2) is 22.8 Å². The number of imide groups is 1. The summed E-state index contributed by atoms with van der Waals surface area (Å²) in [4.78, 5) is 30.2. The van der Waals surface area contributed by atoms with E-state index in [4.69, 9.17) is 0 Å². The zero-order valence-corrected chi connectivity index (χ0v) is 12.3. The van der Waals surface area contributed by atoms with Crippen molar-refractivity contribution in [3.05, 3.63) is 28.5 Å². The standard InChI is InChI=1S/C14H15BrN2O2/c1-8-4-11-12(5-8)14(19)17(13(11)18)7-10-3-2-9(15)6-16-10/h2-3,6,8,11-12H,4-5,7H2,1H3. The van der Waals surface area contributed by atoms with Crippen LogP contribution in [-0.4, -0.2) is 21.7 Å². The average Bonchev–Trinajstić information content (AvgIpc) is 2.86. The number of nitrogens with zero attached hydrogens (tertiary/aromatic N) is 2. The first-order valence-electron chi connectivity index (χ1n) is 6.52. The second-order valence-corrected chi connectivity index (χ2v) is 6.44. The van der Waals surface area contributed by atoms with E-state index in [-0.39, 0.29) is 23.7 Å². The quantitative estimate of drug-likeness (QED) is 0.785. The molecule has 2 aliphatic rings. The van der Waals surface area contributed by atoms with E-state index in [1.54, 1.807) is 6.20 Å². The van der Waals surface area contributed by atoms with Crippen LogP contribution in [0.3, 0.4) is 0 Å². The lowest BCUT2D eigenvalue weighted by atomic mass is 10.00.